The standard InChI is InChI=1S/C16H24N2O5/c1-10(2)6-14(15(19)23-5)18-16(20)17-11-7-12(21-3)9-13(8-11)22-4/h7-10,14H,6H2,1-5H3,(H2,17,18,20). The van der Waals surface area contributed by atoms with Gasteiger partial charge in [-0.25, -0.2) is 9.59 Å². The van der Waals surface area contributed by atoms with E-state index in [4.69, 9.17) is 14.2 Å². The second-order valence-electron chi connectivity index (χ2n) is 5.41. The molecule has 0 heterocycles. The number of nitrogens with one attached hydrogen (secondary N) is 2. The fourth-order valence-electron chi connectivity index (χ4n) is 2.03. The second-order valence-corrected chi connectivity index (χ2v) is 5.41. The van der Waals surface area contributed by atoms with Gasteiger partial charge in [-0.1, -0.05) is 13.8 Å². The molecule has 0 saturated carbocycles. The van der Waals surface area contributed by atoms with Gasteiger partial charge >= 0.3 is 12.0 Å². The van der Waals surface area contributed by atoms with Gasteiger partial charge in [0.2, 0.25) is 0 Å². The molecular formula is C16H24N2O5. The number of anilines is 1. The number of ether oxygens (including phenoxy) is 3. The number of urea groups is 1. The number of rotatable bonds is 7. The summed E-state index contributed by atoms with van der Waals surface area (Å²) in [6.07, 6.45) is 0.488. The van der Waals surface area contributed by atoms with E-state index in [0.29, 0.717) is 23.6 Å². The van der Waals surface area contributed by atoms with E-state index in [1.807, 2.05) is 13.8 Å². The summed E-state index contributed by atoms with van der Waals surface area (Å²) in [5.41, 5.74) is 0.492. The van der Waals surface area contributed by atoms with E-state index in [1.54, 1.807) is 18.2 Å². The van der Waals surface area contributed by atoms with Gasteiger partial charge in [0.25, 0.3) is 0 Å². The van der Waals surface area contributed by atoms with E-state index in [0.717, 1.165) is 0 Å². The number of hydrogen-bond donors (Lipinski definition) is 2. The minimum Gasteiger partial charge on any atom is -0.497 e. The van der Waals surface area contributed by atoms with E-state index >= 15 is 0 Å². The summed E-state index contributed by atoms with van der Waals surface area (Å²) in [5.74, 6) is 0.853. The summed E-state index contributed by atoms with van der Waals surface area (Å²) >= 11 is 0. The van der Waals surface area contributed by atoms with E-state index < -0.39 is 18.0 Å². The number of carbonyl (C=O) groups excluding carboxylic acids is 2. The fourth-order valence-corrected chi connectivity index (χ4v) is 2.03. The molecule has 0 spiro atoms. The summed E-state index contributed by atoms with van der Waals surface area (Å²) in [7, 11) is 4.34. The number of benzene rings is 1. The zero-order valence-corrected chi connectivity index (χ0v) is 14.1. The highest BCUT2D eigenvalue weighted by molar-refractivity contribution is 5.92. The maximum absolute atomic E-state index is 12.1. The Balaban J connectivity index is 2.79. The van der Waals surface area contributed by atoms with Crippen LogP contribution < -0.4 is 20.1 Å². The molecule has 7 nitrogen and oxygen atoms in total. The van der Waals surface area contributed by atoms with Crippen LogP contribution in [0.2, 0.25) is 0 Å². The van der Waals surface area contributed by atoms with Crippen molar-refractivity contribution < 1.29 is 23.8 Å². The van der Waals surface area contributed by atoms with Crippen LogP contribution in [0.25, 0.3) is 0 Å². The van der Waals surface area contributed by atoms with Crippen molar-refractivity contribution in [2.75, 3.05) is 26.6 Å². The van der Waals surface area contributed by atoms with Crippen molar-refractivity contribution in [3.63, 3.8) is 0 Å². The SMILES string of the molecule is COC(=O)C(CC(C)C)NC(=O)Nc1cc(OC)cc(OC)c1. The van der Waals surface area contributed by atoms with Crippen LogP contribution >= 0.6 is 0 Å². The molecule has 1 atom stereocenters. The molecule has 0 aromatic heterocycles. The normalized spacial score (nSPS) is 11.6. The molecule has 128 valence electrons. The van der Waals surface area contributed by atoms with Gasteiger partial charge in [-0.15, -0.1) is 0 Å². The molecule has 1 aromatic carbocycles. The second kappa shape index (κ2) is 8.87. The van der Waals surface area contributed by atoms with Crippen molar-refractivity contribution in [2.24, 2.45) is 5.92 Å². The van der Waals surface area contributed by atoms with Crippen molar-refractivity contribution >= 4 is 17.7 Å². The largest absolute Gasteiger partial charge is 0.497 e. The molecule has 0 aliphatic rings. The van der Waals surface area contributed by atoms with Gasteiger partial charge in [0, 0.05) is 23.9 Å². The average Bonchev–Trinajstić information content (AvgIpc) is 2.52. The third-order valence-corrected chi connectivity index (χ3v) is 3.11. The quantitative estimate of drug-likeness (QED) is 0.752. The molecular weight excluding hydrogens is 300 g/mol. The van der Waals surface area contributed by atoms with E-state index in [9.17, 15) is 9.59 Å². The van der Waals surface area contributed by atoms with Crippen LogP contribution in [0.1, 0.15) is 20.3 Å². The lowest BCUT2D eigenvalue weighted by atomic mass is 10.0. The van der Waals surface area contributed by atoms with Crippen LogP contribution in [0.5, 0.6) is 11.5 Å². The van der Waals surface area contributed by atoms with E-state index in [1.165, 1.54) is 21.3 Å². The number of hydrogen-bond acceptors (Lipinski definition) is 5. The van der Waals surface area contributed by atoms with Crippen LogP contribution in [-0.4, -0.2) is 39.4 Å². The summed E-state index contributed by atoms with van der Waals surface area (Å²) in [6.45, 7) is 3.92. The molecule has 0 bridgehead atoms. The summed E-state index contributed by atoms with van der Waals surface area (Å²) in [6, 6.07) is 3.79. The molecule has 23 heavy (non-hydrogen) atoms. The van der Waals surface area contributed by atoms with Crippen molar-refractivity contribution in [3.05, 3.63) is 18.2 Å². The first-order valence-corrected chi connectivity index (χ1v) is 7.28. The van der Waals surface area contributed by atoms with Gasteiger partial charge in [0.1, 0.15) is 17.5 Å². The molecule has 2 N–H and O–H groups in total. The molecule has 2 amide bonds. The lowest BCUT2D eigenvalue weighted by Crippen LogP contribution is -2.44. The topological polar surface area (TPSA) is 85.9 Å². The molecule has 1 unspecified atom stereocenters. The van der Waals surface area contributed by atoms with Crippen molar-refractivity contribution in [2.45, 2.75) is 26.3 Å². The molecule has 0 radical (unpaired) electrons. The Labute approximate surface area is 136 Å². The van der Waals surface area contributed by atoms with Gasteiger partial charge in [0.15, 0.2) is 0 Å². The van der Waals surface area contributed by atoms with Crippen molar-refractivity contribution in [1.82, 2.24) is 5.32 Å². The zero-order valence-electron chi connectivity index (χ0n) is 14.1. The zero-order chi connectivity index (χ0) is 17.4. The van der Waals surface area contributed by atoms with Gasteiger partial charge in [-0.3, -0.25) is 0 Å². The molecule has 0 fully saturated rings. The Morgan fingerprint density at radius 3 is 2.04 bits per heavy atom. The Morgan fingerprint density at radius 2 is 1.61 bits per heavy atom. The van der Waals surface area contributed by atoms with Crippen LogP contribution in [0.15, 0.2) is 18.2 Å². The van der Waals surface area contributed by atoms with Crippen LogP contribution in [0.3, 0.4) is 0 Å². The maximum atomic E-state index is 12.1. The summed E-state index contributed by atoms with van der Waals surface area (Å²) in [4.78, 5) is 23.8. The smallest absolute Gasteiger partial charge is 0.328 e. The molecule has 0 saturated heterocycles. The highest BCUT2D eigenvalue weighted by Gasteiger charge is 2.22. The number of amides is 2. The predicted octanol–water partition coefficient (Wildman–Crippen LogP) is 2.41. The summed E-state index contributed by atoms with van der Waals surface area (Å²) in [5, 5.41) is 5.27. The van der Waals surface area contributed by atoms with E-state index in [-0.39, 0.29) is 5.92 Å². The lowest BCUT2D eigenvalue weighted by molar-refractivity contribution is -0.143. The number of esters is 1. The van der Waals surface area contributed by atoms with Crippen molar-refractivity contribution in [3.8, 4) is 11.5 Å². The fraction of sp³-hybridized carbons (Fsp3) is 0.500. The molecule has 1 rings (SSSR count). The number of methoxy groups -OCH3 is 3. The monoisotopic (exact) mass is 324 g/mol. The molecule has 0 aliphatic carbocycles. The highest BCUT2D eigenvalue weighted by atomic mass is 16.5. The third kappa shape index (κ3) is 6.06. The van der Waals surface area contributed by atoms with Gasteiger partial charge in [-0.05, 0) is 12.3 Å². The van der Waals surface area contributed by atoms with Crippen LogP contribution in [-0.2, 0) is 9.53 Å². The Kier molecular flexibility index (Phi) is 7.18. The first-order chi connectivity index (χ1) is 10.9. The molecule has 7 heteroatoms. The van der Waals surface area contributed by atoms with Crippen molar-refractivity contribution in [1.29, 1.82) is 0 Å². The first kappa shape index (κ1) is 18.6. The van der Waals surface area contributed by atoms with Gasteiger partial charge in [0.05, 0.1) is 21.3 Å². The predicted molar refractivity (Wildman–Crippen MR) is 87.0 cm³/mol. The summed E-state index contributed by atoms with van der Waals surface area (Å²) < 4.78 is 15.0. The maximum Gasteiger partial charge on any atom is 0.328 e. The van der Waals surface area contributed by atoms with Crippen LogP contribution in [0, 0.1) is 5.92 Å². The Morgan fingerprint density at radius 1 is 1.04 bits per heavy atom. The van der Waals surface area contributed by atoms with E-state index in [2.05, 4.69) is 10.6 Å². The van der Waals surface area contributed by atoms with Gasteiger partial charge < -0.3 is 24.8 Å². The Bertz CT molecular complexity index is 523. The number of carbonyl (C=O) groups is 2. The minimum atomic E-state index is -0.701. The molecule has 1 aromatic rings. The highest BCUT2D eigenvalue weighted by Crippen LogP contribution is 2.25. The first-order valence-electron chi connectivity index (χ1n) is 7.28. The van der Waals surface area contributed by atoms with Crippen LogP contribution in [0.4, 0.5) is 10.5 Å². The Hall–Kier alpha value is -2.44. The lowest BCUT2D eigenvalue weighted by Gasteiger charge is -2.19. The molecule has 0 aliphatic heterocycles. The van der Waals surface area contributed by atoms with Gasteiger partial charge in [-0.2, -0.15) is 0 Å². The minimum absolute atomic E-state index is 0.233. The third-order valence-electron chi connectivity index (χ3n) is 3.11. The average molecular weight is 324 g/mol.